The first-order valence-corrected chi connectivity index (χ1v) is 4.49. The fraction of sp³-hybridized carbons (Fsp3) is 0.273. The lowest BCUT2D eigenvalue weighted by Crippen LogP contribution is -2.37. The standard InChI is InChI=1S/C11H12O4/c1-7(12)9-3-5-10(6-4-9)15-8(2)11(13)14/h3-6,8H,1-2H3,(H,13,14)/p-1/t8-/m0/s1. The van der Waals surface area contributed by atoms with Gasteiger partial charge in [-0.15, -0.1) is 0 Å². The smallest absolute Gasteiger partial charge is 0.159 e. The zero-order chi connectivity index (χ0) is 11.4. The molecule has 0 saturated heterocycles. The van der Waals surface area contributed by atoms with Crippen LogP contribution in [0.5, 0.6) is 5.75 Å². The number of ketones is 1. The highest BCUT2D eigenvalue weighted by molar-refractivity contribution is 5.94. The highest BCUT2D eigenvalue weighted by atomic mass is 16.5. The highest BCUT2D eigenvalue weighted by Gasteiger charge is 2.05. The first-order chi connectivity index (χ1) is 7.00. The van der Waals surface area contributed by atoms with E-state index in [9.17, 15) is 14.7 Å². The third-order valence-electron chi connectivity index (χ3n) is 1.91. The molecule has 0 fully saturated rings. The predicted molar refractivity (Wildman–Crippen MR) is 51.5 cm³/mol. The van der Waals surface area contributed by atoms with E-state index in [2.05, 4.69) is 0 Å². The minimum atomic E-state index is -1.27. The number of ether oxygens (including phenoxy) is 1. The van der Waals surface area contributed by atoms with Crippen molar-refractivity contribution in [2.75, 3.05) is 0 Å². The second-order valence-corrected chi connectivity index (χ2v) is 3.16. The Morgan fingerprint density at radius 1 is 1.27 bits per heavy atom. The number of rotatable bonds is 4. The van der Waals surface area contributed by atoms with Gasteiger partial charge in [-0.2, -0.15) is 0 Å². The summed E-state index contributed by atoms with van der Waals surface area (Å²) in [6.45, 7) is 2.84. The molecule has 0 aliphatic rings. The van der Waals surface area contributed by atoms with Crippen molar-refractivity contribution in [2.24, 2.45) is 0 Å². The van der Waals surface area contributed by atoms with Crippen LogP contribution in [0.1, 0.15) is 24.2 Å². The van der Waals surface area contributed by atoms with Crippen LogP contribution >= 0.6 is 0 Å². The molecule has 1 atom stereocenters. The Morgan fingerprint density at radius 3 is 2.20 bits per heavy atom. The molecule has 4 nitrogen and oxygen atoms in total. The third-order valence-corrected chi connectivity index (χ3v) is 1.91. The number of carboxylic acid groups (broad SMARTS) is 1. The molecule has 15 heavy (non-hydrogen) atoms. The van der Waals surface area contributed by atoms with Gasteiger partial charge in [0.05, 0.1) is 5.97 Å². The molecule has 0 N–H and O–H groups in total. The molecule has 1 rings (SSSR count). The number of carboxylic acids is 1. The molecule has 1 aromatic carbocycles. The van der Waals surface area contributed by atoms with E-state index in [4.69, 9.17) is 4.74 Å². The van der Waals surface area contributed by atoms with E-state index in [0.29, 0.717) is 11.3 Å². The SMILES string of the molecule is CC(=O)c1ccc(O[C@@H](C)C(=O)[O-])cc1. The Morgan fingerprint density at radius 2 is 1.80 bits per heavy atom. The maximum atomic E-state index is 10.9. The van der Waals surface area contributed by atoms with Crippen molar-refractivity contribution in [3.63, 3.8) is 0 Å². The molecule has 0 spiro atoms. The van der Waals surface area contributed by atoms with E-state index >= 15 is 0 Å². The van der Waals surface area contributed by atoms with Crippen molar-refractivity contribution in [3.8, 4) is 5.75 Å². The van der Waals surface area contributed by atoms with Gasteiger partial charge in [0.2, 0.25) is 0 Å². The van der Waals surface area contributed by atoms with Crippen molar-refractivity contribution in [1.29, 1.82) is 0 Å². The summed E-state index contributed by atoms with van der Waals surface area (Å²) in [5.74, 6) is -0.920. The molecule has 0 bridgehead atoms. The molecule has 1 aromatic rings. The average Bonchev–Trinajstić information content (AvgIpc) is 2.18. The van der Waals surface area contributed by atoms with E-state index in [1.54, 1.807) is 24.3 Å². The molecule has 0 amide bonds. The molecular weight excluding hydrogens is 196 g/mol. The van der Waals surface area contributed by atoms with E-state index in [1.807, 2.05) is 0 Å². The van der Waals surface area contributed by atoms with Crippen LogP contribution in [0.2, 0.25) is 0 Å². The summed E-state index contributed by atoms with van der Waals surface area (Å²) in [4.78, 5) is 21.3. The number of hydrogen-bond acceptors (Lipinski definition) is 4. The first kappa shape index (κ1) is 11.2. The Bertz CT molecular complexity index is 367. The van der Waals surface area contributed by atoms with Gasteiger partial charge in [-0.1, -0.05) is 0 Å². The Kier molecular flexibility index (Phi) is 3.44. The summed E-state index contributed by atoms with van der Waals surface area (Å²) in [6, 6.07) is 6.27. The van der Waals surface area contributed by atoms with Crippen LogP contribution in [0.15, 0.2) is 24.3 Å². The number of aliphatic carboxylic acids is 1. The molecule has 0 saturated carbocycles. The van der Waals surface area contributed by atoms with Gasteiger partial charge in [-0.05, 0) is 38.1 Å². The van der Waals surface area contributed by atoms with Crippen LogP contribution in [0, 0.1) is 0 Å². The van der Waals surface area contributed by atoms with Gasteiger partial charge >= 0.3 is 0 Å². The quantitative estimate of drug-likeness (QED) is 0.670. The average molecular weight is 207 g/mol. The molecular formula is C11H11O4-. The molecule has 0 aliphatic carbocycles. The Labute approximate surface area is 87.5 Å². The molecule has 0 radical (unpaired) electrons. The zero-order valence-electron chi connectivity index (χ0n) is 8.52. The zero-order valence-corrected chi connectivity index (χ0v) is 8.52. The normalized spacial score (nSPS) is 11.9. The van der Waals surface area contributed by atoms with Gasteiger partial charge in [0, 0.05) is 5.56 Å². The van der Waals surface area contributed by atoms with Crippen LogP contribution in [-0.2, 0) is 4.79 Å². The fourth-order valence-corrected chi connectivity index (χ4v) is 1.02. The number of Topliss-reactive ketones (excluding diaryl/α,β-unsaturated/α-hetero) is 1. The lowest BCUT2D eigenvalue weighted by atomic mass is 10.1. The number of benzene rings is 1. The second-order valence-electron chi connectivity index (χ2n) is 3.16. The van der Waals surface area contributed by atoms with Crippen molar-refractivity contribution in [1.82, 2.24) is 0 Å². The number of carbonyl (C=O) groups is 2. The molecule has 0 unspecified atom stereocenters. The van der Waals surface area contributed by atoms with Gasteiger partial charge in [-0.25, -0.2) is 0 Å². The number of hydrogen-bond donors (Lipinski definition) is 0. The Balaban J connectivity index is 2.72. The summed E-state index contributed by atoms with van der Waals surface area (Å²) in [5, 5.41) is 10.4. The molecule has 0 aromatic heterocycles. The van der Waals surface area contributed by atoms with Gasteiger partial charge in [-0.3, -0.25) is 4.79 Å². The van der Waals surface area contributed by atoms with Crippen LogP contribution in [0.4, 0.5) is 0 Å². The van der Waals surface area contributed by atoms with E-state index in [-0.39, 0.29) is 5.78 Å². The lowest BCUT2D eigenvalue weighted by Gasteiger charge is -2.15. The van der Waals surface area contributed by atoms with E-state index in [1.165, 1.54) is 13.8 Å². The lowest BCUT2D eigenvalue weighted by molar-refractivity contribution is -0.312. The molecule has 4 heteroatoms. The summed E-state index contributed by atoms with van der Waals surface area (Å²) >= 11 is 0. The second kappa shape index (κ2) is 4.59. The van der Waals surface area contributed by atoms with E-state index in [0.717, 1.165) is 0 Å². The van der Waals surface area contributed by atoms with Crippen molar-refractivity contribution >= 4 is 11.8 Å². The fourth-order valence-electron chi connectivity index (χ4n) is 1.02. The van der Waals surface area contributed by atoms with Crippen molar-refractivity contribution < 1.29 is 19.4 Å². The summed E-state index contributed by atoms with van der Waals surface area (Å²) in [7, 11) is 0. The maximum absolute atomic E-state index is 10.9. The van der Waals surface area contributed by atoms with Crippen LogP contribution < -0.4 is 9.84 Å². The predicted octanol–water partition coefficient (Wildman–Crippen LogP) is 0.406. The Hall–Kier alpha value is -1.84. The molecule has 80 valence electrons. The van der Waals surface area contributed by atoms with Crippen molar-refractivity contribution in [3.05, 3.63) is 29.8 Å². The van der Waals surface area contributed by atoms with Crippen LogP contribution in [-0.4, -0.2) is 17.9 Å². The van der Waals surface area contributed by atoms with E-state index < -0.39 is 12.1 Å². The highest BCUT2D eigenvalue weighted by Crippen LogP contribution is 2.13. The first-order valence-electron chi connectivity index (χ1n) is 4.49. The van der Waals surface area contributed by atoms with Gasteiger partial charge in [0.25, 0.3) is 0 Å². The monoisotopic (exact) mass is 207 g/mol. The van der Waals surface area contributed by atoms with Gasteiger partial charge in [0.1, 0.15) is 11.9 Å². The summed E-state index contributed by atoms with van der Waals surface area (Å²) in [6.07, 6.45) is -1.01. The van der Waals surface area contributed by atoms with Gasteiger partial charge in [0.15, 0.2) is 5.78 Å². The summed E-state index contributed by atoms with van der Waals surface area (Å²) in [5.41, 5.74) is 0.559. The van der Waals surface area contributed by atoms with Crippen molar-refractivity contribution in [2.45, 2.75) is 20.0 Å². The minimum absolute atomic E-state index is 0.0468. The topological polar surface area (TPSA) is 66.4 Å². The molecule has 0 aliphatic heterocycles. The van der Waals surface area contributed by atoms with Crippen LogP contribution in [0.3, 0.4) is 0 Å². The maximum Gasteiger partial charge on any atom is 0.159 e. The summed E-state index contributed by atoms with van der Waals surface area (Å²) < 4.78 is 5.04. The number of carbonyl (C=O) groups excluding carboxylic acids is 2. The minimum Gasteiger partial charge on any atom is -0.546 e. The van der Waals surface area contributed by atoms with Crippen LogP contribution in [0.25, 0.3) is 0 Å². The molecule has 0 heterocycles. The largest absolute Gasteiger partial charge is 0.546 e. The third kappa shape index (κ3) is 3.09. The van der Waals surface area contributed by atoms with Gasteiger partial charge < -0.3 is 14.6 Å².